The maximum absolute atomic E-state index is 15.4. The molecule has 0 aromatic heterocycles. The fraction of sp³-hybridized carbons (Fsp3) is 0.222. The van der Waals surface area contributed by atoms with Crippen molar-refractivity contribution >= 4 is 29.3 Å². The summed E-state index contributed by atoms with van der Waals surface area (Å²) in [5.74, 6) is -3.55. The van der Waals surface area contributed by atoms with Gasteiger partial charge in [0.15, 0.2) is 0 Å². The third kappa shape index (κ3) is 4.95. The molecule has 4 rings (SSSR count). The molecule has 186 valence electrons. The van der Waals surface area contributed by atoms with Crippen LogP contribution in [0.25, 0.3) is 11.1 Å². The first kappa shape index (κ1) is 25.3. The van der Waals surface area contributed by atoms with Gasteiger partial charge in [-0.1, -0.05) is 11.6 Å². The number of nitrogens with one attached hydrogen (secondary N) is 1. The molecule has 1 aliphatic heterocycles. The standard InChI is InChI=1S/C27H22ClF2NO5/c1-4-35-23(32)12-21-19-10-15(7-13(2)25(19)30)24-14(3)20(29)5-6-22(24)36-18-9-16(8-17(28)11-18)26(33)27(34)31-21/h5-11,21H,4,12H2,1-3H3,(H,31,34)/t21-/m0/s1. The lowest BCUT2D eigenvalue weighted by Gasteiger charge is -2.21. The van der Waals surface area contributed by atoms with E-state index >= 15 is 4.39 Å². The van der Waals surface area contributed by atoms with Crippen LogP contribution in [0.15, 0.2) is 42.5 Å². The molecule has 1 aliphatic rings. The second-order valence-corrected chi connectivity index (χ2v) is 8.82. The number of fused-ring (bicyclic) bond motifs is 6. The lowest BCUT2D eigenvalue weighted by Crippen LogP contribution is -2.36. The smallest absolute Gasteiger partial charge is 0.308 e. The normalized spacial score (nSPS) is 15.0. The first-order valence-electron chi connectivity index (χ1n) is 11.2. The molecular formula is C27H22ClF2NO5. The fourth-order valence-corrected chi connectivity index (χ4v) is 4.38. The van der Waals surface area contributed by atoms with Gasteiger partial charge in [-0.3, -0.25) is 14.4 Å². The number of hydrogen-bond acceptors (Lipinski definition) is 5. The van der Waals surface area contributed by atoms with Gasteiger partial charge in [-0.2, -0.15) is 0 Å². The maximum atomic E-state index is 15.4. The third-order valence-electron chi connectivity index (χ3n) is 5.86. The molecule has 9 heteroatoms. The number of carbonyl (C=O) groups excluding carboxylic acids is 3. The van der Waals surface area contributed by atoms with Crippen molar-refractivity contribution < 1.29 is 32.6 Å². The van der Waals surface area contributed by atoms with Gasteiger partial charge in [0.05, 0.1) is 19.1 Å². The largest absolute Gasteiger partial charge is 0.466 e. The molecule has 1 amide bonds. The predicted molar refractivity (Wildman–Crippen MR) is 129 cm³/mol. The maximum Gasteiger partial charge on any atom is 0.308 e. The number of ether oxygens (including phenoxy) is 2. The molecule has 0 saturated carbocycles. The molecule has 1 N–H and O–H groups in total. The second-order valence-electron chi connectivity index (χ2n) is 8.38. The second kappa shape index (κ2) is 10.1. The molecule has 0 unspecified atom stereocenters. The minimum atomic E-state index is -1.24. The molecule has 6 nitrogen and oxygen atoms in total. The molecule has 1 atom stereocenters. The number of hydrogen-bond donors (Lipinski definition) is 1. The van der Waals surface area contributed by atoms with Crippen LogP contribution in [0.3, 0.4) is 0 Å². The average Bonchev–Trinajstić information content (AvgIpc) is 2.82. The van der Waals surface area contributed by atoms with E-state index in [1.165, 1.54) is 49.4 Å². The zero-order valence-electron chi connectivity index (χ0n) is 19.7. The number of benzene rings is 3. The van der Waals surface area contributed by atoms with Crippen molar-refractivity contribution in [1.29, 1.82) is 0 Å². The summed E-state index contributed by atoms with van der Waals surface area (Å²) in [6.07, 6.45) is -0.432. The van der Waals surface area contributed by atoms with Crippen molar-refractivity contribution in [3.63, 3.8) is 0 Å². The number of amides is 1. The number of rotatable bonds is 3. The molecule has 36 heavy (non-hydrogen) atoms. The summed E-state index contributed by atoms with van der Waals surface area (Å²) in [4.78, 5) is 38.2. The van der Waals surface area contributed by atoms with Gasteiger partial charge in [-0.25, -0.2) is 8.78 Å². The SMILES string of the molecule is CCOC(=O)C[C@@H]1NC(=O)C(=O)c2cc(Cl)cc(c2)Oc2ccc(F)c(C)c2-c2cc(C)c(F)c1c2. The quantitative estimate of drug-likeness (QED) is 0.343. The van der Waals surface area contributed by atoms with Crippen LogP contribution in [0.2, 0.25) is 5.02 Å². The highest BCUT2D eigenvalue weighted by atomic mass is 35.5. The Hall–Kier alpha value is -3.78. The van der Waals surface area contributed by atoms with Crippen LogP contribution in [0.1, 0.15) is 46.4 Å². The monoisotopic (exact) mass is 513 g/mol. The summed E-state index contributed by atoms with van der Waals surface area (Å²) < 4.78 is 41.1. The summed E-state index contributed by atoms with van der Waals surface area (Å²) >= 11 is 6.18. The van der Waals surface area contributed by atoms with Crippen molar-refractivity contribution in [1.82, 2.24) is 5.32 Å². The van der Waals surface area contributed by atoms with Crippen LogP contribution in [0.4, 0.5) is 8.78 Å². The van der Waals surface area contributed by atoms with Crippen LogP contribution < -0.4 is 10.1 Å². The number of carbonyl (C=O) groups is 3. The Balaban J connectivity index is 2.01. The highest BCUT2D eigenvalue weighted by Gasteiger charge is 2.29. The minimum absolute atomic E-state index is 0.0576. The van der Waals surface area contributed by atoms with Crippen LogP contribution in [0.5, 0.6) is 11.5 Å². The lowest BCUT2D eigenvalue weighted by atomic mass is 9.92. The van der Waals surface area contributed by atoms with E-state index in [0.717, 1.165) is 0 Å². The lowest BCUT2D eigenvalue weighted by molar-refractivity contribution is -0.143. The van der Waals surface area contributed by atoms with E-state index < -0.39 is 41.8 Å². The Kier molecular flexibility index (Phi) is 7.08. The Labute approximate surface area is 211 Å². The van der Waals surface area contributed by atoms with E-state index in [-0.39, 0.29) is 45.4 Å². The van der Waals surface area contributed by atoms with Gasteiger partial charge in [0.25, 0.3) is 5.91 Å². The van der Waals surface area contributed by atoms with Crippen molar-refractivity contribution in [3.05, 3.63) is 81.4 Å². The molecule has 0 aliphatic carbocycles. The van der Waals surface area contributed by atoms with E-state index in [1.54, 1.807) is 13.8 Å². The first-order chi connectivity index (χ1) is 17.1. The molecule has 0 fully saturated rings. The highest BCUT2D eigenvalue weighted by Crippen LogP contribution is 2.40. The molecule has 1 heterocycles. The van der Waals surface area contributed by atoms with Gasteiger partial charge in [-0.05, 0) is 79.9 Å². The molecule has 0 saturated heterocycles. The van der Waals surface area contributed by atoms with E-state index in [1.807, 2.05) is 0 Å². The number of Topliss-reactive ketones (excluding diaryl/α,β-unsaturated/α-hetero) is 1. The zero-order valence-corrected chi connectivity index (χ0v) is 20.5. The van der Waals surface area contributed by atoms with Crippen molar-refractivity contribution in [2.75, 3.05) is 6.61 Å². The number of aryl methyl sites for hydroxylation is 1. The number of ketones is 1. The summed E-state index contributed by atoms with van der Waals surface area (Å²) in [6.45, 7) is 4.75. The predicted octanol–water partition coefficient (Wildman–Crippen LogP) is 6.00. The number of halogens is 3. The molecule has 4 bridgehead atoms. The van der Waals surface area contributed by atoms with Crippen LogP contribution in [-0.4, -0.2) is 24.3 Å². The summed E-state index contributed by atoms with van der Waals surface area (Å²) in [5, 5.41) is 2.59. The van der Waals surface area contributed by atoms with Crippen LogP contribution in [0, 0.1) is 25.5 Å². The fourth-order valence-electron chi connectivity index (χ4n) is 4.16. The number of esters is 1. The van der Waals surface area contributed by atoms with Crippen molar-refractivity contribution in [2.24, 2.45) is 0 Å². The van der Waals surface area contributed by atoms with Gasteiger partial charge in [0, 0.05) is 21.7 Å². The molecule has 0 spiro atoms. The Morgan fingerprint density at radius 1 is 1.08 bits per heavy atom. The third-order valence-corrected chi connectivity index (χ3v) is 6.07. The van der Waals surface area contributed by atoms with E-state index in [2.05, 4.69) is 5.32 Å². The van der Waals surface area contributed by atoms with Gasteiger partial charge in [0.2, 0.25) is 5.78 Å². The average molecular weight is 514 g/mol. The van der Waals surface area contributed by atoms with Crippen molar-refractivity contribution in [3.8, 4) is 22.6 Å². The molecule has 3 aromatic carbocycles. The van der Waals surface area contributed by atoms with Crippen LogP contribution in [-0.2, 0) is 14.3 Å². The highest BCUT2D eigenvalue weighted by molar-refractivity contribution is 6.43. The Morgan fingerprint density at radius 3 is 2.56 bits per heavy atom. The molecule has 3 aromatic rings. The van der Waals surface area contributed by atoms with Gasteiger partial charge in [-0.15, -0.1) is 0 Å². The van der Waals surface area contributed by atoms with E-state index in [4.69, 9.17) is 21.1 Å². The topological polar surface area (TPSA) is 81.7 Å². The molecule has 0 radical (unpaired) electrons. The van der Waals surface area contributed by atoms with Gasteiger partial charge in [0.1, 0.15) is 23.1 Å². The minimum Gasteiger partial charge on any atom is -0.466 e. The Morgan fingerprint density at radius 2 is 1.83 bits per heavy atom. The van der Waals surface area contributed by atoms with Crippen LogP contribution >= 0.6 is 11.6 Å². The van der Waals surface area contributed by atoms with Gasteiger partial charge >= 0.3 is 5.97 Å². The Bertz CT molecular complexity index is 1410. The summed E-state index contributed by atoms with van der Waals surface area (Å²) in [7, 11) is 0. The first-order valence-corrected chi connectivity index (χ1v) is 11.6. The van der Waals surface area contributed by atoms with Gasteiger partial charge < -0.3 is 14.8 Å². The zero-order chi connectivity index (χ0) is 26.1. The summed E-state index contributed by atoms with van der Waals surface area (Å²) in [5.41, 5.74) is 1.03. The van der Waals surface area contributed by atoms with Crippen molar-refractivity contribution in [2.45, 2.75) is 33.2 Å². The summed E-state index contributed by atoms with van der Waals surface area (Å²) in [6, 6.07) is 8.40. The molecular weight excluding hydrogens is 492 g/mol. The van der Waals surface area contributed by atoms with E-state index in [0.29, 0.717) is 11.1 Å². The van der Waals surface area contributed by atoms with E-state index in [9.17, 15) is 18.8 Å².